The fourth-order valence-corrected chi connectivity index (χ4v) is 5.97. The Balaban J connectivity index is 1.33. The first-order valence-electron chi connectivity index (χ1n) is 12.6. The maximum atomic E-state index is 13.4. The predicted octanol–water partition coefficient (Wildman–Crippen LogP) is 5.93. The van der Waals surface area contributed by atoms with Gasteiger partial charge >= 0.3 is 0 Å². The number of thiophene rings is 1. The van der Waals surface area contributed by atoms with Crippen LogP contribution < -0.4 is 15.0 Å². The summed E-state index contributed by atoms with van der Waals surface area (Å²) in [6, 6.07) is 15.9. The Morgan fingerprint density at radius 3 is 2.47 bits per heavy atom. The Kier molecular flexibility index (Phi) is 6.86. The molecule has 0 bridgehead atoms. The minimum atomic E-state index is -0.0906. The van der Waals surface area contributed by atoms with Crippen molar-refractivity contribution in [3.05, 3.63) is 70.8 Å². The molecule has 0 aliphatic carbocycles. The summed E-state index contributed by atoms with van der Waals surface area (Å²) >= 11 is 1.47. The van der Waals surface area contributed by atoms with Gasteiger partial charge in [-0.3, -0.25) is 14.3 Å². The van der Waals surface area contributed by atoms with Gasteiger partial charge in [-0.15, -0.1) is 11.3 Å². The zero-order valence-corrected chi connectivity index (χ0v) is 22.2. The van der Waals surface area contributed by atoms with E-state index in [0.29, 0.717) is 39.4 Å². The van der Waals surface area contributed by atoms with Crippen LogP contribution in [0.1, 0.15) is 32.3 Å². The third kappa shape index (κ3) is 4.65. The van der Waals surface area contributed by atoms with Crippen LogP contribution in [-0.4, -0.2) is 47.8 Å². The lowest BCUT2D eigenvalue weighted by molar-refractivity contribution is -0.0129. The summed E-state index contributed by atoms with van der Waals surface area (Å²) in [6.07, 6.45) is 4.05. The van der Waals surface area contributed by atoms with Crippen molar-refractivity contribution in [2.75, 3.05) is 33.4 Å². The molecule has 0 spiro atoms. The van der Waals surface area contributed by atoms with E-state index in [1.54, 1.807) is 18.0 Å². The molecule has 1 aliphatic rings. The molecule has 5 rings (SSSR count). The summed E-state index contributed by atoms with van der Waals surface area (Å²) in [5.41, 5.74) is 4.10. The summed E-state index contributed by atoms with van der Waals surface area (Å²) in [5.74, 6) is 1.28. The predicted molar refractivity (Wildman–Crippen MR) is 147 cm³/mol. The van der Waals surface area contributed by atoms with Crippen LogP contribution >= 0.6 is 11.3 Å². The van der Waals surface area contributed by atoms with Gasteiger partial charge in [0.25, 0.3) is 5.56 Å². The van der Waals surface area contributed by atoms with E-state index < -0.39 is 0 Å². The van der Waals surface area contributed by atoms with E-state index in [1.807, 2.05) is 24.3 Å². The molecule has 0 saturated carbocycles. The maximum absolute atomic E-state index is 13.4. The van der Waals surface area contributed by atoms with Crippen LogP contribution in [0.4, 0.5) is 0 Å². The second kappa shape index (κ2) is 10.1. The number of likely N-dealkylation sites (tertiary alicyclic amines) is 1. The van der Waals surface area contributed by atoms with Crippen molar-refractivity contribution >= 4 is 21.6 Å². The lowest BCUT2D eigenvalue weighted by Crippen LogP contribution is -2.56. The van der Waals surface area contributed by atoms with Crippen LogP contribution in [0.2, 0.25) is 0 Å². The van der Waals surface area contributed by atoms with Crippen LogP contribution in [0.15, 0.2) is 59.7 Å². The number of aryl methyl sites for hydroxylation is 1. The Hall–Kier alpha value is -3.16. The van der Waals surface area contributed by atoms with Crippen molar-refractivity contribution in [3.63, 3.8) is 0 Å². The van der Waals surface area contributed by atoms with E-state index in [-0.39, 0.29) is 5.56 Å². The van der Waals surface area contributed by atoms with Gasteiger partial charge in [0.05, 0.1) is 18.3 Å². The fourth-order valence-electron chi connectivity index (χ4n) is 4.92. The average molecular weight is 504 g/mol. The van der Waals surface area contributed by atoms with Gasteiger partial charge in [-0.25, -0.2) is 4.98 Å². The van der Waals surface area contributed by atoms with E-state index in [9.17, 15) is 4.79 Å². The third-order valence-corrected chi connectivity index (χ3v) is 8.64. The number of methoxy groups -OCH3 is 1. The Bertz CT molecular complexity index is 1410. The standard InChI is InChI=1S/C29H33N3O3S/c1-5-29(6-2)17-31(18-29)13-14-35-24-12-11-22(15-25(24)34-4)32-19-30-23-16-26(36-27(23)28(32)33)21-9-7-20(3)8-10-21/h7-12,15-16,19H,5-6,13-14,17-18H2,1-4H3. The Labute approximate surface area is 216 Å². The number of fused-ring (bicyclic) bond motifs is 1. The van der Waals surface area contributed by atoms with Crippen molar-refractivity contribution in [2.24, 2.45) is 5.41 Å². The summed E-state index contributed by atoms with van der Waals surface area (Å²) < 4.78 is 13.9. The van der Waals surface area contributed by atoms with E-state index in [0.717, 1.165) is 30.1 Å². The van der Waals surface area contributed by atoms with Crippen molar-refractivity contribution in [3.8, 4) is 27.6 Å². The summed E-state index contributed by atoms with van der Waals surface area (Å²) in [7, 11) is 1.62. The maximum Gasteiger partial charge on any atom is 0.275 e. The number of aromatic nitrogens is 2. The minimum Gasteiger partial charge on any atom is -0.493 e. The molecule has 1 saturated heterocycles. The van der Waals surface area contributed by atoms with Gasteiger partial charge in [0, 0.05) is 30.6 Å². The normalized spacial score (nSPS) is 15.1. The highest BCUT2D eigenvalue weighted by atomic mass is 32.1. The first-order valence-corrected chi connectivity index (χ1v) is 13.4. The third-order valence-electron chi connectivity index (χ3n) is 7.48. The molecule has 188 valence electrons. The lowest BCUT2D eigenvalue weighted by Gasteiger charge is -2.49. The van der Waals surface area contributed by atoms with Gasteiger partial charge in [-0.05, 0) is 48.9 Å². The van der Waals surface area contributed by atoms with Gasteiger partial charge < -0.3 is 9.47 Å². The van der Waals surface area contributed by atoms with Gasteiger partial charge in [0.2, 0.25) is 0 Å². The zero-order valence-electron chi connectivity index (χ0n) is 21.4. The monoisotopic (exact) mass is 503 g/mol. The molecule has 3 heterocycles. The smallest absolute Gasteiger partial charge is 0.275 e. The number of ether oxygens (including phenoxy) is 2. The highest BCUT2D eigenvalue weighted by Crippen LogP contribution is 2.37. The van der Waals surface area contributed by atoms with Crippen molar-refractivity contribution in [1.82, 2.24) is 14.5 Å². The SMILES string of the molecule is CCC1(CC)CN(CCOc2ccc(-n3cnc4cc(-c5ccc(C)cc5)sc4c3=O)cc2OC)C1. The number of nitrogens with zero attached hydrogens (tertiary/aromatic N) is 3. The molecule has 1 aliphatic heterocycles. The fraction of sp³-hybridized carbons (Fsp3) is 0.379. The summed E-state index contributed by atoms with van der Waals surface area (Å²) in [6.45, 7) is 10.4. The van der Waals surface area contributed by atoms with Crippen molar-refractivity contribution < 1.29 is 9.47 Å². The molecular formula is C29H33N3O3S. The van der Waals surface area contributed by atoms with E-state index in [1.165, 1.54) is 29.7 Å². The van der Waals surface area contributed by atoms with E-state index >= 15 is 0 Å². The molecule has 1 fully saturated rings. The van der Waals surface area contributed by atoms with E-state index in [4.69, 9.17) is 9.47 Å². The lowest BCUT2D eigenvalue weighted by atomic mass is 9.75. The van der Waals surface area contributed by atoms with Crippen LogP contribution in [0.25, 0.3) is 26.3 Å². The van der Waals surface area contributed by atoms with Crippen LogP contribution in [-0.2, 0) is 0 Å². The summed E-state index contributed by atoms with van der Waals surface area (Å²) in [5, 5.41) is 0. The first-order chi connectivity index (χ1) is 17.4. The second-order valence-electron chi connectivity index (χ2n) is 9.71. The molecular weight excluding hydrogens is 470 g/mol. The molecule has 0 N–H and O–H groups in total. The Morgan fingerprint density at radius 1 is 1.03 bits per heavy atom. The number of benzene rings is 2. The van der Waals surface area contributed by atoms with Crippen molar-refractivity contribution in [1.29, 1.82) is 0 Å². The minimum absolute atomic E-state index is 0.0906. The highest BCUT2D eigenvalue weighted by molar-refractivity contribution is 7.22. The quantitative estimate of drug-likeness (QED) is 0.283. The van der Waals surface area contributed by atoms with Crippen LogP contribution in [0, 0.1) is 12.3 Å². The van der Waals surface area contributed by atoms with Crippen molar-refractivity contribution in [2.45, 2.75) is 33.6 Å². The zero-order chi connectivity index (χ0) is 25.3. The van der Waals surface area contributed by atoms with Crippen LogP contribution in [0.5, 0.6) is 11.5 Å². The first kappa shape index (κ1) is 24.5. The summed E-state index contributed by atoms with van der Waals surface area (Å²) in [4.78, 5) is 21.4. The Morgan fingerprint density at radius 2 is 1.78 bits per heavy atom. The molecule has 6 nitrogen and oxygen atoms in total. The van der Waals surface area contributed by atoms with Gasteiger partial charge in [0.15, 0.2) is 11.5 Å². The highest BCUT2D eigenvalue weighted by Gasteiger charge is 2.39. The number of hydrogen-bond donors (Lipinski definition) is 0. The topological polar surface area (TPSA) is 56.6 Å². The molecule has 0 atom stereocenters. The molecule has 7 heteroatoms. The number of rotatable bonds is 9. The second-order valence-corrected chi connectivity index (χ2v) is 10.8. The molecule has 4 aromatic rings. The molecule has 36 heavy (non-hydrogen) atoms. The van der Waals surface area contributed by atoms with Crippen LogP contribution in [0.3, 0.4) is 0 Å². The van der Waals surface area contributed by atoms with E-state index in [2.05, 4.69) is 54.9 Å². The van der Waals surface area contributed by atoms with Gasteiger partial charge in [-0.2, -0.15) is 0 Å². The number of hydrogen-bond acceptors (Lipinski definition) is 6. The molecule has 2 aromatic carbocycles. The molecule has 0 unspecified atom stereocenters. The molecule has 0 amide bonds. The largest absolute Gasteiger partial charge is 0.493 e. The van der Waals surface area contributed by atoms with Gasteiger partial charge in [0.1, 0.15) is 17.6 Å². The molecule has 2 aromatic heterocycles. The molecule has 0 radical (unpaired) electrons. The average Bonchev–Trinajstić information content (AvgIpc) is 3.32. The van der Waals surface area contributed by atoms with Gasteiger partial charge in [-0.1, -0.05) is 43.7 Å².